The van der Waals surface area contributed by atoms with Crippen LogP contribution in [0.5, 0.6) is 0 Å². The third-order valence-electron chi connectivity index (χ3n) is 2.74. The number of nitrogens with one attached hydrogen (secondary N) is 2. The molecule has 19 heavy (non-hydrogen) atoms. The zero-order valence-electron chi connectivity index (χ0n) is 11.8. The number of nitrogen functional groups attached to an aromatic ring is 1. The molecule has 1 aromatic carbocycles. The van der Waals surface area contributed by atoms with Crippen molar-refractivity contribution in [3.05, 3.63) is 23.8 Å². The quantitative estimate of drug-likeness (QED) is 0.672. The van der Waals surface area contributed by atoms with E-state index in [9.17, 15) is 4.79 Å². The molecule has 1 unspecified atom stereocenters. The summed E-state index contributed by atoms with van der Waals surface area (Å²) in [5.41, 5.74) is 8.07. The lowest BCUT2D eigenvalue weighted by atomic mass is 10.1. The molecular weight excluding hydrogens is 258 g/mol. The van der Waals surface area contributed by atoms with E-state index in [4.69, 9.17) is 5.73 Å². The molecule has 4 N–H and O–H groups in total. The minimum Gasteiger partial charge on any atom is -0.397 e. The number of amides is 1. The number of hydrogen-bond acceptors (Lipinski definition) is 4. The second-order valence-electron chi connectivity index (χ2n) is 4.60. The fraction of sp³-hybridized carbons (Fsp3) is 0.500. The van der Waals surface area contributed by atoms with Gasteiger partial charge in [0.15, 0.2) is 0 Å². The van der Waals surface area contributed by atoms with Crippen LogP contribution < -0.4 is 16.4 Å². The van der Waals surface area contributed by atoms with E-state index in [2.05, 4.69) is 23.8 Å². The van der Waals surface area contributed by atoms with Crippen molar-refractivity contribution in [2.24, 2.45) is 5.92 Å². The maximum Gasteiger partial charge on any atom is 0.251 e. The Kier molecular flexibility index (Phi) is 6.56. The van der Waals surface area contributed by atoms with Crippen LogP contribution in [0.25, 0.3) is 0 Å². The zero-order valence-corrected chi connectivity index (χ0v) is 12.6. The Bertz CT molecular complexity index is 423. The summed E-state index contributed by atoms with van der Waals surface area (Å²) in [6, 6.07) is 5.38. The Labute approximate surface area is 119 Å². The summed E-state index contributed by atoms with van der Waals surface area (Å²) in [5, 5.41) is 6.08. The van der Waals surface area contributed by atoms with Gasteiger partial charge in [-0.15, -0.1) is 0 Å². The van der Waals surface area contributed by atoms with Crippen molar-refractivity contribution in [1.29, 1.82) is 0 Å². The molecule has 0 bridgehead atoms. The maximum atomic E-state index is 11.7. The van der Waals surface area contributed by atoms with Crippen LogP contribution in [-0.2, 0) is 0 Å². The molecular formula is C14H23N3OS. The Morgan fingerprint density at radius 2 is 2.21 bits per heavy atom. The van der Waals surface area contributed by atoms with Gasteiger partial charge in [0.1, 0.15) is 0 Å². The molecule has 0 aliphatic rings. The first-order valence-electron chi connectivity index (χ1n) is 6.49. The van der Waals surface area contributed by atoms with E-state index in [1.807, 2.05) is 24.8 Å². The molecule has 0 fully saturated rings. The molecule has 0 heterocycles. The van der Waals surface area contributed by atoms with Gasteiger partial charge in [-0.05, 0) is 43.0 Å². The van der Waals surface area contributed by atoms with Crippen molar-refractivity contribution in [2.75, 3.05) is 36.1 Å². The average molecular weight is 281 g/mol. The fourth-order valence-corrected chi connectivity index (χ4v) is 2.44. The largest absolute Gasteiger partial charge is 0.397 e. The first kappa shape index (κ1) is 15.7. The van der Waals surface area contributed by atoms with Gasteiger partial charge >= 0.3 is 0 Å². The molecule has 0 saturated heterocycles. The molecule has 0 aromatic heterocycles. The monoisotopic (exact) mass is 281 g/mol. The molecule has 1 rings (SSSR count). The van der Waals surface area contributed by atoms with Gasteiger partial charge in [0.05, 0.1) is 11.4 Å². The van der Waals surface area contributed by atoms with Crippen molar-refractivity contribution in [3.63, 3.8) is 0 Å². The van der Waals surface area contributed by atoms with E-state index in [0.717, 1.165) is 18.0 Å². The molecule has 0 aliphatic carbocycles. The number of nitrogens with two attached hydrogens (primary N) is 1. The maximum absolute atomic E-state index is 11.7. The van der Waals surface area contributed by atoms with Crippen LogP contribution in [0, 0.1) is 5.92 Å². The minimum atomic E-state index is -0.0866. The van der Waals surface area contributed by atoms with Crippen molar-refractivity contribution in [1.82, 2.24) is 5.32 Å². The summed E-state index contributed by atoms with van der Waals surface area (Å²) < 4.78 is 0. The van der Waals surface area contributed by atoms with Crippen LogP contribution >= 0.6 is 11.8 Å². The highest BCUT2D eigenvalue weighted by molar-refractivity contribution is 7.98. The highest BCUT2D eigenvalue weighted by atomic mass is 32.2. The SMILES string of the molecule is CCNC(=O)c1ccc(NCC(C)CSC)c(N)c1. The Morgan fingerprint density at radius 1 is 1.47 bits per heavy atom. The summed E-state index contributed by atoms with van der Waals surface area (Å²) in [5.74, 6) is 1.61. The summed E-state index contributed by atoms with van der Waals surface area (Å²) in [6.07, 6.45) is 2.10. The Hall–Kier alpha value is -1.36. The van der Waals surface area contributed by atoms with E-state index in [-0.39, 0.29) is 5.91 Å². The standard InChI is InChI=1S/C14H23N3OS/c1-4-16-14(18)11-5-6-13(12(15)7-11)17-8-10(2)9-19-3/h5-7,10,17H,4,8-9,15H2,1-3H3,(H,16,18). The molecule has 0 spiro atoms. The van der Waals surface area contributed by atoms with Gasteiger partial charge < -0.3 is 16.4 Å². The van der Waals surface area contributed by atoms with Gasteiger partial charge in [-0.25, -0.2) is 0 Å². The number of anilines is 2. The van der Waals surface area contributed by atoms with E-state index < -0.39 is 0 Å². The Morgan fingerprint density at radius 3 is 2.79 bits per heavy atom. The van der Waals surface area contributed by atoms with Gasteiger partial charge in [0.2, 0.25) is 0 Å². The molecule has 1 atom stereocenters. The number of rotatable bonds is 7. The Balaban J connectivity index is 2.64. The van der Waals surface area contributed by atoms with Gasteiger partial charge in [-0.1, -0.05) is 6.92 Å². The van der Waals surface area contributed by atoms with Crippen LogP contribution in [0.2, 0.25) is 0 Å². The number of hydrogen-bond donors (Lipinski definition) is 3. The third kappa shape index (κ3) is 5.03. The summed E-state index contributed by atoms with van der Waals surface area (Å²) in [4.78, 5) is 11.7. The molecule has 0 aliphatic heterocycles. The average Bonchev–Trinajstić information content (AvgIpc) is 2.38. The minimum absolute atomic E-state index is 0.0866. The van der Waals surface area contributed by atoms with E-state index in [1.165, 1.54) is 0 Å². The summed E-state index contributed by atoms with van der Waals surface area (Å²) in [7, 11) is 0. The molecule has 5 heteroatoms. The van der Waals surface area contributed by atoms with Gasteiger partial charge in [-0.3, -0.25) is 4.79 Å². The lowest BCUT2D eigenvalue weighted by Gasteiger charge is -2.14. The predicted octanol–water partition coefficient (Wildman–Crippen LogP) is 2.43. The van der Waals surface area contributed by atoms with Crippen molar-refractivity contribution in [3.8, 4) is 0 Å². The van der Waals surface area contributed by atoms with E-state index in [1.54, 1.807) is 12.1 Å². The van der Waals surface area contributed by atoms with Crippen molar-refractivity contribution < 1.29 is 4.79 Å². The second kappa shape index (κ2) is 7.94. The highest BCUT2D eigenvalue weighted by Crippen LogP contribution is 2.20. The number of thioether (sulfide) groups is 1. The van der Waals surface area contributed by atoms with Gasteiger partial charge in [0.25, 0.3) is 5.91 Å². The smallest absolute Gasteiger partial charge is 0.251 e. The van der Waals surface area contributed by atoms with E-state index >= 15 is 0 Å². The molecule has 1 aromatic rings. The van der Waals surface area contributed by atoms with Crippen LogP contribution in [0.4, 0.5) is 11.4 Å². The molecule has 0 radical (unpaired) electrons. The molecule has 0 saturated carbocycles. The topological polar surface area (TPSA) is 67.2 Å². The van der Waals surface area contributed by atoms with Crippen LogP contribution in [0.15, 0.2) is 18.2 Å². The fourth-order valence-electron chi connectivity index (χ4n) is 1.76. The second-order valence-corrected chi connectivity index (χ2v) is 5.51. The molecule has 1 amide bonds. The predicted molar refractivity (Wildman–Crippen MR) is 84.9 cm³/mol. The lowest BCUT2D eigenvalue weighted by Crippen LogP contribution is -2.22. The number of carbonyl (C=O) groups is 1. The van der Waals surface area contributed by atoms with Gasteiger partial charge in [0, 0.05) is 18.7 Å². The number of benzene rings is 1. The van der Waals surface area contributed by atoms with Crippen LogP contribution in [-0.4, -0.2) is 31.0 Å². The van der Waals surface area contributed by atoms with Crippen LogP contribution in [0.1, 0.15) is 24.2 Å². The normalized spacial score (nSPS) is 11.9. The molecule has 4 nitrogen and oxygen atoms in total. The first-order chi connectivity index (χ1) is 9.08. The third-order valence-corrected chi connectivity index (χ3v) is 3.65. The summed E-state index contributed by atoms with van der Waals surface area (Å²) >= 11 is 1.84. The van der Waals surface area contributed by atoms with E-state index in [0.29, 0.717) is 23.7 Å². The first-order valence-corrected chi connectivity index (χ1v) is 7.88. The summed E-state index contributed by atoms with van der Waals surface area (Å²) in [6.45, 7) is 5.59. The lowest BCUT2D eigenvalue weighted by molar-refractivity contribution is 0.0956. The zero-order chi connectivity index (χ0) is 14.3. The van der Waals surface area contributed by atoms with Gasteiger partial charge in [-0.2, -0.15) is 11.8 Å². The molecule has 106 valence electrons. The number of carbonyl (C=O) groups excluding carboxylic acids is 1. The highest BCUT2D eigenvalue weighted by Gasteiger charge is 2.08. The van der Waals surface area contributed by atoms with Crippen molar-refractivity contribution in [2.45, 2.75) is 13.8 Å². The van der Waals surface area contributed by atoms with Crippen molar-refractivity contribution >= 4 is 29.0 Å². The van der Waals surface area contributed by atoms with Crippen LogP contribution in [0.3, 0.4) is 0 Å².